The van der Waals surface area contributed by atoms with E-state index in [0.717, 1.165) is 22.6 Å². The molecule has 0 unspecified atom stereocenters. The Balaban J connectivity index is 2.35. The van der Waals surface area contributed by atoms with E-state index in [4.69, 9.17) is 4.98 Å². The van der Waals surface area contributed by atoms with Crippen molar-refractivity contribution in [1.82, 2.24) is 9.97 Å². The molecule has 2 rings (SSSR count). The summed E-state index contributed by atoms with van der Waals surface area (Å²) in [5.74, 6) is 0.416. The van der Waals surface area contributed by atoms with Gasteiger partial charge in [-0.05, 0) is 23.8 Å². The molecule has 0 atom stereocenters. The molecule has 0 aliphatic carbocycles. The van der Waals surface area contributed by atoms with E-state index >= 15 is 0 Å². The zero-order chi connectivity index (χ0) is 14.9. The third-order valence-corrected chi connectivity index (χ3v) is 3.58. The van der Waals surface area contributed by atoms with Crippen LogP contribution in [-0.4, -0.2) is 9.97 Å². The third-order valence-electron chi connectivity index (χ3n) is 3.58. The predicted molar refractivity (Wildman–Crippen MR) is 85.0 cm³/mol. The van der Waals surface area contributed by atoms with Crippen LogP contribution in [0.3, 0.4) is 0 Å². The van der Waals surface area contributed by atoms with Crippen LogP contribution < -0.4 is 0 Å². The molecule has 0 amide bonds. The molecular weight excluding hydrogens is 244 g/mol. The van der Waals surface area contributed by atoms with Gasteiger partial charge in [-0.25, -0.2) is 4.98 Å². The molecule has 0 bridgehead atoms. The normalized spacial score (nSPS) is 11.9. The number of hydrogen-bond acceptors (Lipinski definition) is 2. The van der Waals surface area contributed by atoms with Crippen molar-refractivity contribution in [2.24, 2.45) is 0 Å². The van der Waals surface area contributed by atoms with Gasteiger partial charge in [-0.3, -0.25) is 4.98 Å². The maximum absolute atomic E-state index is 4.69. The fraction of sp³-hybridized carbons (Fsp3) is 0.444. The Morgan fingerprint density at radius 2 is 1.60 bits per heavy atom. The summed E-state index contributed by atoms with van der Waals surface area (Å²) in [7, 11) is 0. The van der Waals surface area contributed by atoms with Gasteiger partial charge in [0.1, 0.15) is 0 Å². The van der Waals surface area contributed by atoms with E-state index in [1.165, 1.54) is 5.56 Å². The summed E-state index contributed by atoms with van der Waals surface area (Å²) < 4.78 is 0. The zero-order valence-electron chi connectivity index (χ0n) is 13.4. The summed E-state index contributed by atoms with van der Waals surface area (Å²) in [4.78, 5) is 9.26. The minimum absolute atomic E-state index is 0.182. The molecule has 20 heavy (non-hydrogen) atoms. The highest BCUT2D eigenvalue weighted by atomic mass is 14.8. The van der Waals surface area contributed by atoms with Crippen LogP contribution in [0.4, 0.5) is 0 Å². The first-order valence-corrected chi connectivity index (χ1v) is 7.23. The first-order chi connectivity index (χ1) is 9.29. The number of aryl methyl sites for hydroxylation is 1. The van der Waals surface area contributed by atoms with Crippen molar-refractivity contribution < 1.29 is 0 Å². The first-order valence-electron chi connectivity index (χ1n) is 7.23. The van der Waals surface area contributed by atoms with E-state index < -0.39 is 0 Å². The van der Waals surface area contributed by atoms with Gasteiger partial charge in [0.25, 0.3) is 0 Å². The summed E-state index contributed by atoms with van der Waals surface area (Å²) >= 11 is 0. The van der Waals surface area contributed by atoms with E-state index in [2.05, 4.69) is 63.9 Å². The molecule has 1 aromatic carbocycles. The fourth-order valence-corrected chi connectivity index (χ4v) is 2.34. The first kappa shape index (κ1) is 14.7. The Bertz CT molecular complexity index is 590. The second-order valence-corrected chi connectivity index (χ2v) is 6.71. The molecule has 2 aromatic rings. The van der Waals surface area contributed by atoms with Gasteiger partial charge in [0.15, 0.2) is 0 Å². The molecule has 0 aliphatic heterocycles. The van der Waals surface area contributed by atoms with Gasteiger partial charge in [-0.15, -0.1) is 0 Å². The smallest absolute Gasteiger partial charge is 0.0888 e. The Kier molecular flexibility index (Phi) is 3.94. The van der Waals surface area contributed by atoms with Crippen LogP contribution in [0.1, 0.15) is 57.5 Å². The number of nitrogens with zero attached hydrogens (tertiary/aromatic N) is 2. The Morgan fingerprint density at radius 1 is 1.00 bits per heavy atom. The number of hydrogen-bond donors (Lipinski definition) is 0. The monoisotopic (exact) mass is 268 g/mol. The highest BCUT2D eigenvalue weighted by Crippen LogP contribution is 2.26. The van der Waals surface area contributed by atoms with Gasteiger partial charge in [-0.2, -0.15) is 0 Å². The van der Waals surface area contributed by atoms with Crippen molar-refractivity contribution in [3.05, 3.63) is 47.4 Å². The predicted octanol–water partition coefficient (Wildman–Crippen LogP) is 4.87. The Morgan fingerprint density at radius 3 is 2.05 bits per heavy atom. The van der Waals surface area contributed by atoms with Crippen LogP contribution in [0.15, 0.2) is 30.5 Å². The van der Waals surface area contributed by atoms with E-state index in [1.54, 1.807) is 0 Å². The van der Waals surface area contributed by atoms with Gasteiger partial charge in [0.2, 0.25) is 0 Å². The molecule has 0 radical (unpaired) electrons. The second kappa shape index (κ2) is 5.35. The van der Waals surface area contributed by atoms with Gasteiger partial charge in [0.05, 0.1) is 23.3 Å². The lowest BCUT2D eigenvalue weighted by molar-refractivity contribution is 0.590. The topological polar surface area (TPSA) is 25.8 Å². The molecule has 0 N–H and O–H groups in total. The summed E-state index contributed by atoms with van der Waals surface area (Å²) in [5, 5.41) is 0. The van der Waals surface area contributed by atoms with Crippen LogP contribution in [0, 0.1) is 6.92 Å². The molecule has 2 heteroatoms. The van der Waals surface area contributed by atoms with Crippen LogP contribution in [0.25, 0.3) is 11.3 Å². The lowest BCUT2D eigenvalue weighted by atomic mass is 9.86. The lowest BCUT2D eigenvalue weighted by Gasteiger charge is -2.19. The standard InChI is InChI=1S/C18H24N2/c1-12(2)17-13(3)20-16(11-19-17)14-7-9-15(10-8-14)18(4,5)6/h7-12H,1-6H3. The van der Waals surface area contributed by atoms with Crippen LogP contribution >= 0.6 is 0 Å². The average Bonchev–Trinajstić information content (AvgIpc) is 2.37. The molecule has 0 aliphatic rings. The maximum atomic E-state index is 4.69. The van der Waals surface area contributed by atoms with Crippen molar-refractivity contribution in [3.63, 3.8) is 0 Å². The Labute approximate surface area is 122 Å². The summed E-state index contributed by atoms with van der Waals surface area (Å²) in [6.07, 6.45) is 1.88. The fourth-order valence-electron chi connectivity index (χ4n) is 2.34. The average molecular weight is 268 g/mol. The van der Waals surface area contributed by atoms with Crippen molar-refractivity contribution in [2.45, 2.75) is 52.9 Å². The van der Waals surface area contributed by atoms with Gasteiger partial charge < -0.3 is 0 Å². The van der Waals surface area contributed by atoms with Crippen molar-refractivity contribution >= 4 is 0 Å². The van der Waals surface area contributed by atoms with Gasteiger partial charge in [0, 0.05) is 5.56 Å². The minimum Gasteiger partial charge on any atom is -0.257 e. The Hall–Kier alpha value is -1.70. The molecule has 1 heterocycles. The number of aromatic nitrogens is 2. The molecule has 106 valence electrons. The summed E-state index contributed by atoms with van der Waals surface area (Å²) in [6.45, 7) is 13.0. The van der Waals surface area contributed by atoms with E-state index in [-0.39, 0.29) is 5.41 Å². The SMILES string of the molecule is Cc1nc(-c2ccc(C(C)(C)C)cc2)cnc1C(C)C. The number of rotatable bonds is 2. The molecular formula is C18H24N2. The maximum Gasteiger partial charge on any atom is 0.0888 e. The minimum atomic E-state index is 0.182. The molecule has 0 spiro atoms. The van der Waals surface area contributed by atoms with Crippen molar-refractivity contribution in [1.29, 1.82) is 0 Å². The molecule has 0 fully saturated rings. The highest BCUT2D eigenvalue weighted by molar-refractivity contribution is 5.59. The quantitative estimate of drug-likeness (QED) is 0.776. The molecule has 0 saturated carbocycles. The van der Waals surface area contributed by atoms with Crippen LogP contribution in [0.2, 0.25) is 0 Å². The van der Waals surface area contributed by atoms with E-state index in [0.29, 0.717) is 5.92 Å². The van der Waals surface area contributed by atoms with Gasteiger partial charge in [-0.1, -0.05) is 58.9 Å². The zero-order valence-corrected chi connectivity index (χ0v) is 13.4. The largest absolute Gasteiger partial charge is 0.257 e. The summed E-state index contributed by atoms with van der Waals surface area (Å²) in [6, 6.07) is 8.64. The van der Waals surface area contributed by atoms with Crippen molar-refractivity contribution in [2.75, 3.05) is 0 Å². The molecule has 0 saturated heterocycles. The lowest BCUT2D eigenvalue weighted by Crippen LogP contribution is -2.10. The highest BCUT2D eigenvalue weighted by Gasteiger charge is 2.14. The van der Waals surface area contributed by atoms with Crippen LogP contribution in [0.5, 0.6) is 0 Å². The van der Waals surface area contributed by atoms with E-state index in [9.17, 15) is 0 Å². The second-order valence-electron chi connectivity index (χ2n) is 6.71. The molecule has 1 aromatic heterocycles. The van der Waals surface area contributed by atoms with Crippen molar-refractivity contribution in [3.8, 4) is 11.3 Å². The summed E-state index contributed by atoms with van der Waals surface area (Å²) in [5.41, 5.74) is 5.71. The van der Waals surface area contributed by atoms with E-state index in [1.807, 2.05) is 13.1 Å². The van der Waals surface area contributed by atoms with Gasteiger partial charge >= 0.3 is 0 Å². The molecule has 2 nitrogen and oxygen atoms in total. The van der Waals surface area contributed by atoms with Crippen LogP contribution in [-0.2, 0) is 5.41 Å². The third kappa shape index (κ3) is 3.06. The number of benzene rings is 1.